The predicted octanol–water partition coefficient (Wildman–Crippen LogP) is 4.92. The van der Waals surface area contributed by atoms with Crippen LogP contribution in [0.15, 0.2) is 93.1 Å². The molecule has 0 radical (unpaired) electrons. The number of nitrogens with zero attached hydrogens (tertiary/aromatic N) is 2. The number of rotatable bonds is 3. The van der Waals surface area contributed by atoms with Gasteiger partial charge in [-0.3, -0.25) is 9.36 Å². The largest absolute Gasteiger partial charge is 0.452 e. The minimum absolute atomic E-state index is 0.151. The van der Waals surface area contributed by atoms with Gasteiger partial charge in [0, 0.05) is 23.5 Å². The predicted molar refractivity (Wildman–Crippen MR) is 101 cm³/mol. The van der Waals surface area contributed by atoms with Crippen molar-refractivity contribution in [1.29, 1.82) is 0 Å². The molecule has 2 aromatic carbocycles. The van der Waals surface area contributed by atoms with Crippen molar-refractivity contribution in [3.8, 4) is 28.3 Å². The van der Waals surface area contributed by atoms with E-state index < -0.39 is 0 Å². The Kier molecular flexibility index (Phi) is 4.07. The first-order chi connectivity index (χ1) is 12.3. The second-order valence-corrected chi connectivity index (χ2v) is 6.25. The maximum Gasteiger partial charge on any atom is 0.224 e. The average molecular weight is 393 g/mol. The summed E-state index contributed by atoms with van der Waals surface area (Å²) in [5.41, 5.74) is 1.94. The molecule has 122 valence electrons. The Morgan fingerprint density at radius 2 is 1.48 bits per heavy atom. The lowest BCUT2D eigenvalue weighted by atomic mass is 10.1. The molecule has 4 rings (SSSR count). The van der Waals surface area contributed by atoms with Gasteiger partial charge < -0.3 is 4.42 Å². The smallest absolute Gasteiger partial charge is 0.224 e. The zero-order valence-electron chi connectivity index (χ0n) is 13.1. The van der Waals surface area contributed by atoms with Crippen LogP contribution in [0.3, 0.4) is 0 Å². The molecule has 2 heterocycles. The van der Waals surface area contributed by atoms with Gasteiger partial charge in [-0.25, -0.2) is 4.98 Å². The van der Waals surface area contributed by atoms with E-state index in [4.69, 9.17) is 4.42 Å². The summed E-state index contributed by atoms with van der Waals surface area (Å²) in [5.74, 6) is 1.01. The molecule has 0 saturated carbocycles. The second kappa shape index (κ2) is 6.53. The highest BCUT2D eigenvalue weighted by molar-refractivity contribution is 9.10. The van der Waals surface area contributed by atoms with Gasteiger partial charge in [-0.2, -0.15) is 0 Å². The molecule has 4 aromatic rings. The summed E-state index contributed by atoms with van der Waals surface area (Å²) in [6, 6.07) is 19.2. The van der Waals surface area contributed by atoms with Crippen LogP contribution in [-0.2, 0) is 0 Å². The maximum absolute atomic E-state index is 13.1. The summed E-state index contributed by atoms with van der Waals surface area (Å²) in [6.07, 6.45) is 4.95. The van der Waals surface area contributed by atoms with Gasteiger partial charge in [-0.05, 0) is 15.9 Å². The topological polar surface area (TPSA) is 48.0 Å². The van der Waals surface area contributed by atoms with Crippen LogP contribution in [0.5, 0.6) is 0 Å². The first kappa shape index (κ1) is 15.6. The fourth-order valence-corrected chi connectivity index (χ4v) is 3.19. The summed E-state index contributed by atoms with van der Waals surface area (Å²) in [7, 11) is 0. The monoisotopic (exact) mass is 392 g/mol. The van der Waals surface area contributed by atoms with Crippen LogP contribution in [0.4, 0.5) is 0 Å². The van der Waals surface area contributed by atoms with Crippen molar-refractivity contribution in [3.05, 3.63) is 94.1 Å². The minimum Gasteiger partial charge on any atom is -0.452 e. The molecule has 5 heteroatoms. The molecular weight excluding hydrogens is 380 g/mol. The summed E-state index contributed by atoms with van der Waals surface area (Å²) in [4.78, 5) is 17.2. The van der Waals surface area contributed by atoms with Gasteiger partial charge >= 0.3 is 0 Å². The van der Waals surface area contributed by atoms with E-state index >= 15 is 0 Å². The highest BCUT2D eigenvalue weighted by Crippen LogP contribution is 2.33. The molecule has 0 spiro atoms. The van der Waals surface area contributed by atoms with Crippen molar-refractivity contribution in [2.24, 2.45) is 0 Å². The SMILES string of the molecule is O=c1c(Br)c(-c2ccccc2)oc(-c2ccccc2)c1-n1ccnc1. The Balaban J connectivity index is 2.06. The average Bonchev–Trinajstić information content (AvgIpc) is 3.19. The second-order valence-electron chi connectivity index (χ2n) is 5.45. The highest BCUT2D eigenvalue weighted by atomic mass is 79.9. The van der Waals surface area contributed by atoms with Gasteiger partial charge in [-0.1, -0.05) is 60.7 Å². The van der Waals surface area contributed by atoms with Crippen LogP contribution >= 0.6 is 15.9 Å². The third-order valence-electron chi connectivity index (χ3n) is 3.87. The quantitative estimate of drug-likeness (QED) is 0.496. The zero-order valence-corrected chi connectivity index (χ0v) is 14.7. The van der Waals surface area contributed by atoms with Gasteiger partial charge in [0.2, 0.25) is 5.43 Å². The Morgan fingerprint density at radius 3 is 2.04 bits per heavy atom. The normalized spacial score (nSPS) is 10.8. The van der Waals surface area contributed by atoms with Crippen molar-refractivity contribution in [1.82, 2.24) is 9.55 Å². The van der Waals surface area contributed by atoms with Crippen molar-refractivity contribution in [2.45, 2.75) is 0 Å². The number of halogens is 1. The zero-order chi connectivity index (χ0) is 17.2. The summed E-state index contributed by atoms with van der Waals surface area (Å²) in [5, 5.41) is 0. The first-order valence-corrected chi connectivity index (χ1v) is 8.51. The van der Waals surface area contributed by atoms with E-state index in [9.17, 15) is 4.79 Å². The van der Waals surface area contributed by atoms with Crippen LogP contribution in [0.25, 0.3) is 28.3 Å². The molecule has 4 nitrogen and oxygen atoms in total. The number of hydrogen-bond acceptors (Lipinski definition) is 3. The summed E-state index contributed by atoms with van der Waals surface area (Å²) < 4.78 is 8.29. The van der Waals surface area contributed by atoms with E-state index in [-0.39, 0.29) is 5.43 Å². The molecule has 2 aromatic heterocycles. The summed E-state index contributed by atoms with van der Waals surface area (Å²) >= 11 is 3.42. The lowest BCUT2D eigenvalue weighted by molar-refractivity contribution is 0.572. The van der Waals surface area contributed by atoms with Gasteiger partial charge in [0.15, 0.2) is 11.5 Å². The van der Waals surface area contributed by atoms with Crippen molar-refractivity contribution in [2.75, 3.05) is 0 Å². The van der Waals surface area contributed by atoms with E-state index in [1.807, 2.05) is 60.7 Å². The fourth-order valence-electron chi connectivity index (χ4n) is 2.69. The lowest BCUT2D eigenvalue weighted by Gasteiger charge is -2.13. The van der Waals surface area contributed by atoms with Crippen LogP contribution < -0.4 is 5.43 Å². The van der Waals surface area contributed by atoms with Crippen LogP contribution in [0, 0.1) is 0 Å². The molecule has 0 unspecified atom stereocenters. The fraction of sp³-hybridized carbons (Fsp3) is 0. The van der Waals surface area contributed by atoms with Gasteiger partial charge in [-0.15, -0.1) is 0 Å². The van der Waals surface area contributed by atoms with Crippen LogP contribution in [0.2, 0.25) is 0 Å². The van der Waals surface area contributed by atoms with Crippen molar-refractivity contribution in [3.63, 3.8) is 0 Å². The minimum atomic E-state index is -0.151. The van der Waals surface area contributed by atoms with Gasteiger partial charge in [0.25, 0.3) is 0 Å². The van der Waals surface area contributed by atoms with E-state index in [2.05, 4.69) is 20.9 Å². The third-order valence-corrected chi connectivity index (χ3v) is 4.59. The van der Waals surface area contributed by atoms with E-state index in [1.165, 1.54) is 0 Å². The number of imidazole rings is 1. The number of hydrogen-bond donors (Lipinski definition) is 0. The van der Waals surface area contributed by atoms with Crippen LogP contribution in [0.1, 0.15) is 0 Å². The third kappa shape index (κ3) is 2.83. The molecule has 0 amide bonds. The van der Waals surface area contributed by atoms with E-state index in [0.717, 1.165) is 11.1 Å². The Labute approximate surface area is 152 Å². The molecule has 0 aliphatic heterocycles. The first-order valence-electron chi connectivity index (χ1n) is 7.71. The van der Waals surface area contributed by atoms with Crippen molar-refractivity contribution >= 4 is 15.9 Å². The molecule has 0 bridgehead atoms. The lowest BCUT2D eigenvalue weighted by Crippen LogP contribution is -2.14. The maximum atomic E-state index is 13.1. The Hall–Kier alpha value is -2.92. The van der Waals surface area contributed by atoms with E-state index in [0.29, 0.717) is 21.7 Å². The molecule has 25 heavy (non-hydrogen) atoms. The highest BCUT2D eigenvalue weighted by Gasteiger charge is 2.21. The number of aromatic nitrogens is 2. The van der Waals surface area contributed by atoms with E-state index in [1.54, 1.807) is 23.3 Å². The molecule has 0 aliphatic rings. The summed E-state index contributed by atoms with van der Waals surface area (Å²) in [6.45, 7) is 0. The Bertz CT molecular complexity index is 1060. The Morgan fingerprint density at radius 1 is 0.880 bits per heavy atom. The molecule has 0 fully saturated rings. The molecule has 0 atom stereocenters. The molecule has 0 N–H and O–H groups in total. The molecule has 0 aliphatic carbocycles. The standard InChI is InChI=1S/C20H13BrN2O2/c21-16-18(24)17(23-12-11-22-13-23)20(15-9-5-2-6-10-15)25-19(16)14-7-3-1-4-8-14/h1-13H. The van der Waals surface area contributed by atoms with Gasteiger partial charge in [0.1, 0.15) is 10.2 Å². The van der Waals surface area contributed by atoms with Crippen LogP contribution in [-0.4, -0.2) is 9.55 Å². The number of benzene rings is 2. The molecule has 0 saturated heterocycles. The van der Waals surface area contributed by atoms with Crippen molar-refractivity contribution < 1.29 is 4.42 Å². The van der Waals surface area contributed by atoms with Gasteiger partial charge in [0.05, 0.1) is 6.33 Å². The molecular formula is C20H13BrN2O2.